The SMILES string of the molecule is CCS(=O)(=O)C1CCN(C(=O)c2ccccc2Cl)CC1. The molecule has 1 saturated heterocycles. The molecular formula is C14H18ClNO3S. The molecule has 0 saturated carbocycles. The van der Waals surface area contributed by atoms with Gasteiger partial charge in [0.1, 0.15) is 0 Å². The van der Waals surface area contributed by atoms with Crippen molar-refractivity contribution in [3.8, 4) is 0 Å². The van der Waals surface area contributed by atoms with Crippen LogP contribution in [0.1, 0.15) is 30.1 Å². The van der Waals surface area contributed by atoms with Gasteiger partial charge >= 0.3 is 0 Å². The Labute approximate surface area is 124 Å². The molecule has 1 aliphatic heterocycles. The Morgan fingerprint density at radius 1 is 1.30 bits per heavy atom. The van der Waals surface area contributed by atoms with Crippen LogP contribution in [0.15, 0.2) is 24.3 Å². The Balaban J connectivity index is 2.05. The van der Waals surface area contributed by atoms with Crippen molar-refractivity contribution in [2.75, 3.05) is 18.8 Å². The van der Waals surface area contributed by atoms with Crippen molar-refractivity contribution in [3.63, 3.8) is 0 Å². The molecule has 0 bridgehead atoms. The number of benzene rings is 1. The number of piperidine rings is 1. The minimum Gasteiger partial charge on any atom is -0.339 e. The summed E-state index contributed by atoms with van der Waals surface area (Å²) in [7, 11) is -3.01. The molecule has 1 aromatic rings. The van der Waals surface area contributed by atoms with Gasteiger partial charge in [-0.05, 0) is 25.0 Å². The molecule has 1 amide bonds. The number of carbonyl (C=O) groups excluding carboxylic acids is 1. The number of sulfone groups is 1. The van der Waals surface area contributed by atoms with Gasteiger partial charge in [0.15, 0.2) is 9.84 Å². The summed E-state index contributed by atoms with van der Waals surface area (Å²) in [4.78, 5) is 14.0. The third-order valence-corrected chi connectivity index (χ3v) is 6.37. The van der Waals surface area contributed by atoms with E-state index in [4.69, 9.17) is 11.6 Å². The smallest absolute Gasteiger partial charge is 0.255 e. The Hall–Kier alpha value is -1.07. The highest BCUT2D eigenvalue weighted by Crippen LogP contribution is 2.22. The minimum absolute atomic E-state index is 0.122. The maximum absolute atomic E-state index is 12.3. The zero-order valence-corrected chi connectivity index (χ0v) is 13.0. The Morgan fingerprint density at radius 2 is 1.90 bits per heavy atom. The second-order valence-electron chi connectivity index (χ2n) is 4.92. The summed E-state index contributed by atoms with van der Waals surface area (Å²) in [5.41, 5.74) is 0.478. The van der Waals surface area contributed by atoms with Gasteiger partial charge in [-0.3, -0.25) is 4.79 Å². The van der Waals surface area contributed by atoms with Gasteiger partial charge in [-0.25, -0.2) is 8.42 Å². The van der Waals surface area contributed by atoms with Crippen molar-refractivity contribution in [2.45, 2.75) is 25.0 Å². The fourth-order valence-corrected chi connectivity index (χ4v) is 4.08. The number of rotatable bonds is 3. The highest BCUT2D eigenvalue weighted by Gasteiger charge is 2.31. The molecule has 110 valence electrons. The summed E-state index contributed by atoms with van der Waals surface area (Å²) in [6, 6.07) is 6.93. The van der Waals surface area contributed by atoms with Gasteiger partial charge in [-0.2, -0.15) is 0 Å². The van der Waals surface area contributed by atoms with E-state index in [9.17, 15) is 13.2 Å². The lowest BCUT2D eigenvalue weighted by atomic mass is 10.1. The normalized spacial score (nSPS) is 17.2. The van der Waals surface area contributed by atoms with E-state index in [-0.39, 0.29) is 16.9 Å². The summed E-state index contributed by atoms with van der Waals surface area (Å²) in [6.45, 7) is 2.60. The third kappa shape index (κ3) is 3.15. The lowest BCUT2D eigenvalue weighted by molar-refractivity contribution is 0.0726. The summed E-state index contributed by atoms with van der Waals surface area (Å²) in [5.74, 6) is 0.0406. The Morgan fingerprint density at radius 3 is 2.45 bits per heavy atom. The van der Waals surface area contributed by atoms with Crippen LogP contribution in [0, 0.1) is 0 Å². The van der Waals surface area contributed by atoms with Gasteiger partial charge in [0, 0.05) is 18.8 Å². The molecule has 0 spiro atoms. The van der Waals surface area contributed by atoms with Crippen LogP contribution in [0.2, 0.25) is 5.02 Å². The zero-order valence-electron chi connectivity index (χ0n) is 11.4. The van der Waals surface area contributed by atoms with Gasteiger partial charge in [-0.1, -0.05) is 30.7 Å². The average molecular weight is 316 g/mol. The monoisotopic (exact) mass is 315 g/mol. The van der Waals surface area contributed by atoms with E-state index < -0.39 is 9.84 Å². The number of hydrogen-bond acceptors (Lipinski definition) is 3. The van der Waals surface area contributed by atoms with Crippen molar-refractivity contribution >= 4 is 27.3 Å². The second-order valence-corrected chi connectivity index (χ2v) is 7.90. The third-order valence-electron chi connectivity index (χ3n) is 3.74. The highest BCUT2D eigenvalue weighted by atomic mass is 35.5. The van der Waals surface area contributed by atoms with Crippen LogP contribution in [0.4, 0.5) is 0 Å². The van der Waals surface area contributed by atoms with Gasteiger partial charge in [0.25, 0.3) is 5.91 Å². The van der Waals surface area contributed by atoms with Gasteiger partial charge in [0.2, 0.25) is 0 Å². The molecule has 1 heterocycles. The molecular weight excluding hydrogens is 298 g/mol. The molecule has 4 nitrogen and oxygen atoms in total. The predicted octanol–water partition coefficient (Wildman–Crippen LogP) is 2.38. The molecule has 0 radical (unpaired) electrons. The molecule has 0 N–H and O–H groups in total. The first-order valence-corrected chi connectivity index (χ1v) is 8.80. The Bertz CT molecular complexity index is 592. The van der Waals surface area contributed by atoms with Crippen molar-refractivity contribution in [3.05, 3.63) is 34.9 Å². The van der Waals surface area contributed by atoms with Gasteiger partial charge in [0.05, 0.1) is 15.8 Å². The van der Waals surface area contributed by atoms with Crippen molar-refractivity contribution in [1.82, 2.24) is 4.90 Å². The predicted molar refractivity (Wildman–Crippen MR) is 79.8 cm³/mol. The van der Waals surface area contributed by atoms with E-state index in [0.717, 1.165) is 0 Å². The highest BCUT2D eigenvalue weighted by molar-refractivity contribution is 7.92. The van der Waals surface area contributed by atoms with E-state index in [0.29, 0.717) is 36.5 Å². The number of nitrogens with zero attached hydrogens (tertiary/aromatic N) is 1. The summed E-state index contributed by atoms with van der Waals surface area (Å²) >= 11 is 6.02. The van der Waals surface area contributed by atoms with Gasteiger partial charge in [-0.15, -0.1) is 0 Å². The molecule has 1 fully saturated rings. The first-order chi connectivity index (χ1) is 9.45. The maximum Gasteiger partial charge on any atom is 0.255 e. The molecule has 6 heteroatoms. The number of likely N-dealkylation sites (tertiary alicyclic amines) is 1. The minimum atomic E-state index is -3.01. The number of amides is 1. The summed E-state index contributed by atoms with van der Waals surface area (Å²) in [5, 5.41) is 0.114. The van der Waals surface area contributed by atoms with Crippen molar-refractivity contribution in [2.24, 2.45) is 0 Å². The fourth-order valence-electron chi connectivity index (χ4n) is 2.46. The van der Waals surface area contributed by atoms with E-state index >= 15 is 0 Å². The van der Waals surface area contributed by atoms with Gasteiger partial charge < -0.3 is 4.90 Å². The molecule has 2 rings (SSSR count). The summed E-state index contributed by atoms with van der Waals surface area (Å²) in [6.07, 6.45) is 1.01. The lowest BCUT2D eigenvalue weighted by Crippen LogP contribution is -2.42. The maximum atomic E-state index is 12.3. The molecule has 0 unspecified atom stereocenters. The number of halogens is 1. The molecule has 0 aliphatic carbocycles. The van der Waals surface area contributed by atoms with E-state index in [1.807, 2.05) is 0 Å². The van der Waals surface area contributed by atoms with Crippen molar-refractivity contribution in [1.29, 1.82) is 0 Å². The first-order valence-electron chi connectivity index (χ1n) is 6.71. The van der Waals surface area contributed by atoms with Crippen LogP contribution in [0.3, 0.4) is 0 Å². The standard InChI is InChI=1S/C14H18ClNO3S/c1-2-20(18,19)11-7-9-16(10-8-11)14(17)12-5-3-4-6-13(12)15/h3-6,11H,2,7-10H2,1H3. The van der Waals surface area contributed by atoms with Crippen LogP contribution in [0.5, 0.6) is 0 Å². The van der Waals surface area contributed by atoms with Crippen LogP contribution < -0.4 is 0 Å². The summed E-state index contributed by atoms with van der Waals surface area (Å²) < 4.78 is 23.7. The fraction of sp³-hybridized carbons (Fsp3) is 0.500. The van der Waals surface area contributed by atoms with Crippen LogP contribution in [-0.2, 0) is 9.84 Å². The second kappa shape index (κ2) is 6.14. The molecule has 1 aliphatic rings. The largest absolute Gasteiger partial charge is 0.339 e. The number of hydrogen-bond donors (Lipinski definition) is 0. The molecule has 0 atom stereocenters. The average Bonchev–Trinajstić information content (AvgIpc) is 2.47. The number of carbonyl (C=O) groups is 1. The molecule has 0 aromatic heterocycles. The van der Waals surface area contributed by atoms with E-state index in [2.05, 4.69) is 0 Å². The van der Waals surface area contributed by atoms with E-state index in [1.165, 1.54) is 0 Å². The molecule has 1 aromatic carbocycles. The quantitative estimate of drug-likeness (QED) is 0.860. The lowest BCUT2D eigenvalue weighted by Gasteiger charge is -2.31. The topological polar surface area (TPSA) is 54.5 Å². The zero-order chi connectivity index (χ0) is 14.8. The van der Waals surface area contributed by atoms with Crippen molar-refractivity contribution < 1.29 is 13.2 Å². The molecule has 20 heavy (non-hydrogen) atoms. The van der Waals surface area contributed by atoms with Crippen LogP contribution in [-0.4, -0.2) is 43.3 Å². The Kier molecular flexibility index (Phi) is 4.70. The van der Waals surface area contributed by atoms with E-state index in [1.54, 1.807) is 36.1 Å². The van der Waals surface area contributed by atoms with Crippen LogP contribution >= 0.6 is 11.6 Å². The van der Waals surface area contributed by atoms with Crippen LogP contribution in [0.25, 0.3) is 0 Å². The first kappa shape index (κ1) is 15.3.